The Morgan fingerprint density at radius 1 is 1.31 bits per heavy atom. The van der Waals surface area contributed by atoms with Gasteiger partial charge in [0, 0.05) is 25.7 Å². The maximum absolute atomic E-state index is 5.61. The number of nitrogens with zero attached hydrogens (tertiary/aromatic N) is 3. The summed E-state index contributed by atoms with van der Waals surface area (Å²) in [6, 6.07) is 1.79. The van der Waals surface area contributed by atoms with Gasteiger partial charge in [0.1, 0.15) is 0 Å². The number of anilines is 1. The number of methoxy groups -OCH3 is 1. The van der Waals surface area contributed by atoms with Crippen molar-refractivity contribution >= 4 is 5.95 Å². The van der Waals surface area contributed by atoms with Crippen LogP contribution in [0.5, 0.6) is 5.88 Å². The normalized spacial score (nSPS) is 16.2. The molecule has 1 aromatic heterocycles. The molecule has 0 aromatic carbocycles. The molecule has 0 spiro atoms. The minimum absolute atomic E-state index is 0.416. The number of piperidine rings is 1. The van der Waals surface area contributed by atoms with E-state index in [9.17, 15) is 0 Å². The van der Waals surface area contributed by atoms with E-state index in [2.05, 4.69) is 14.9 Å². The Labute approximate surface area is 95.6 Å². The minimum Gasteiger partial charge on any atom is -0.481 e. The predicted octanol–water partition coefficient (Wildman–Crippen LogP) is 0.934. The second-order valence-corrected chi connectivity index (χ2v) is 3.95. The van der Waals surface area contributed by atoms with Crippen LogP contribution in [0.3, 0.4) is 0 Å². The number of hydrogen-bond donors (Lipinski definition) is 1. The van der Waals surface area contributed by atoms with Crippen molar-refractivity contribution in [3.05, 3.63) is 11.8 Å². The van der Waals surface area contributed by atoms with E-state index in [0.29, 0.717) is 12.4 Å². The fourth-order valence-corrected chi connectivity index (χ4v) is 1.90. The first kappa shape index (κ1) is 11.1. The van der Waals surface area contributed by atoms with Gasteiger partial charge in [0.05, 0.1) is 12.8 Å². The van der Waals surface area contributed by atoms with Gasteiger partial charge in [0.25, 0.3) is 0 Å². The van der Waals surface area contributed by atoms with Crippen LogP contribution < -0.4 is 15.4 Å². The average Bonchev–Trinajstić information content (AvgIpc) is 2.39. The topological polar surface area (TPSA) is 64.3 Å². The Morgan fingerprint density at radius 3 is 2.69 bits per heavy atom. The number of nitrogens with two attached hydrogens (primary N) is 1. The molecule has 0 saturated carbocycles. The third kappa shape index (κ3) is 2.41. The van der Waals surface area contributed by atoms with E-state index in [-0.39, 0.29) is 0 Å². The Kier molecular flexibility index (Phi) is 3.56. The van der Waals surface area contributed by atoms with E-state index in [0.717, 1.165) is 24.7 Å². The summed E-state index contributed by atoms with van der Waals surface area (Å²) < 4.78 is 5.15. The van der Waals surface area contributed by atoms with Crippen molar-refractivity contribution in [1.29, 1.82) is 0 Å². The van der Waals surface area contributed by atoms with Crippen LogP contribution in [0.1, 0.15) is 25.0 Å². The van der Waals surface area contributed by atoms with Gasteiger partial charge >= 0.3 is 0 Å². The Bertz CT molecular complexity index is 328. The molecule has 1 aromatic rings. The van der Waals surface area contributed by atoms with E-state index in [4.69, 9.17) is 10.5 Å². The standard InChI is InChI=1S/C11H18N4O/c1-16-10-7-9(8-12)13-11(14-10)15-5-3-2-4-6-15/h7H,2-6,8,12H2,1H3. The maximum Gasteiger partial charge on any atom is 0.228 e. The van der Waals surface area contributed by atoms with E-state index < -0.39 is 0 Å². The molecule has 1 fully saturated rings. The molecule has 88 valence electrons. The second-order valence-electron chi connectivity index (χ2n) is 3.95. The van der Waals surface area contributed by atoms with Crippen LogP contribution in [0.15, 0.2) is 6.07 Å². The molecule has 2 heterocycles. The number of rotatable bonds is 3. The van der Waals surface area contributed by atoms with Crippen LogP contribution in [0.4, 0.5) is 5.95 Å². The fraction of sp³-hybridized carbons (Fsp3) is 0.636. The van der Waals surface area contributed by atoms with Crippen molar-refractivity contribution in [1.82, 2.24) is 9.97 Å². The van der Waals surface area contributed by atoms with Crippen molar-refractivity contribution in [3.8, 4) is 5.88 Å². The third-order valence-electron chi connectivity index (χ3n) is 2.80. The minimum atomic E-state index is 0.416. The average molecular weight is 222 g/mol. The van der Waals surface area contributed by atoms with E-state index >= 15 is 0 Å². The van der Waals surface area contributed by atoms with Crippen LogP contribution in [0.2, 0.25) is 0 Å². The van der Waals surface area contributed by atoms with E-state index in [1.165, 1.54) is 19.3 Å². The molecule has 1 saturated heterocycles. The van der Waals surface area contributed by atoms with Crippen LogP contribution in [0.25, 0.3) is 0 Å². The summed E-state index contributed by atoms with van der Waals surface area (Å²) in [6.45, 7) is 2.47. The van der Waals surface area contributed by atoms with Gasteiger partial charge in [-0.1, -0.05) is 0 Å². The molecule has 0 radical (unpaired) electrons. The molecule has 2 rings (SSSR count). The lowest BCUT2D eigenvalue weighted by molar-refractivity contribution is 0.395. The molecule has 0 unspecified atom stereocenters. The first-order valence-corrected chi connectivity index (χ1v) is 5.70. The van der Waals surface area contributed by atoms with Gasteiger partial charge in [-0.15, -0.1) is 0 Å². The number of hydrogen-bond acceptors (Lipinski definition) is 5. The molecular weight excluding hydrogens is 204 g/mol. The smallest absolute Gasteiger partial charge is 0.228 e. The highest BCUT2D eigenvalue weighted by Crippen LogP contribution is 2.19. The summed E-state index contributed by atoms with van der Waals surface area (Å²) in [6.07, 6.45) is 3.71. The quantitative estimate of drug-likeness (QED) is 0.824. The number of ether oxygens (including phenoxy) is 1. The number of aromatic nitrogens is 2. The lowest BCUT2D eigenvalue weighted by atomic mass is 10.1. The molecule has 2 N–H and O–H groups in total. The zero-order valence-corrected chi connectivity index (χ0v) is 9.65. The van der Waals surface area contributed by atoms with Gasteiger partial charge in [-0.3, -0.25) is 0 Å². The van der Waals surface area contributed by atoms with Gasteiger partial charge in [-0.2, -0.15) is 4.98 Å². The van der Waals surface area contributed by atoms with Crippen molar-refractivity contribution in [2.45, 2.75) is 25.8 Å². The molecule has 0 amide bonds. The largest absolute Gasteiger partial charge is 0.481 e. The van der Waals surface area contributed by atoms with Crippen LogP contribution in [-0.2, 0) is 6.54 Å². The molecule has 5 heteroatoms. The Balaban J connectivity index is 2.24. The Morgan fingerprint density at radius 2 is 2.06 bits per heavy atom. The van der Waals surface area contributed by atoms with Gasteiger partial charge in [-0.25, -0.2) is 4.98 Å². The highest BCUT2D eigenvalue weighted by Gasteiger charge is 2.15. The monoisotopic (exact) mass is 222 g/mol. The third-order valence-corrected chi connectivity index (χ3v) is 2.80. The summed E-state index contributed by atoms with van der Waals surface area (Å²) in [5.74, 6) is 1.34. The summed E-state index contributed by atoms with van der Waals surface area (Å²) >= 11 is 0. The van der Waals surface area contributed by atoms with Gasteiger partial charge in [0.15, 0.2) is 0 Å². The van der Waals surface area contributed by atoms with Gasteiger partial charge < -0.3 is 15.4 Å². The summed E-state index contributed by atoms with van der Waals surface area (Å²) in [4.78, 5) is 11.0. The molecular formula is C11H18N4O. The van der Waals surface area contributed by atoms with E-state index in [1.807, 2.05) is 0 Å². The summed E-state index contributed by atoms with van der Waals surface area (Å²) in [5, 5.41) is 0. The Hall–Kier alpha value is -1.36. The maximum atomic E-state index is 5.61. The van der Waals surface area contributed by atoms with Crippen LogP contribution >= 0.6 is 0 Å². The van der Waals surface area contributed by atoms with Crippen LogP contribution in [0, 0.1) is 0 Å². The van der Waals surface area contributed by atoms with Crippen molar-refractivity contribution in [3.63, 3.8) is 0 Å². The van der Waals surface area contributed by atoms with Crippen molar-refractivity contribution < 1.29 is 4.74 Å². The summed E-state index contributed by atoms with van der Waals surface area (Å²) in [7, 11) is 1.61. The zero-order valence-electron chi connectivity index (χ0n) is 9.65. The van der Waals surface area contributed by atoms with E-state index in [1.54, 1.807) is 13.2 Å². The molecule has 16 heavy (non-hydrogen) atoms. The molecule has 0 aliphatic carbocycles. The lowest BCUT2D eigenvalue weighted by Crippen LogP contribution is -2.31. The van der Waals surface area contributed by atoms with Gasteiger partial charge in [0.2, 0.25) is 11.8 Å². The van der Waals surface area contributed by atoms with Crippen molar-refractivity contribution in [2.24, 2.45) is 5.73 Å². The highest BCUT2D eigenvalue weighted by molar-refractivity contribution is 5.34. The SMILES string of the molecule is COc1cc(CN)nc(N2CCCCC2)n1. The first-order valence-electron chi connectivity index (χ1n) is 5.70. The molecule has 1 aliphatic rings. The molecule has 0 atom stereocenters. The second kappa shape index (κ2) is 5.12. The van der Waals surface area contributed by atoms with Crippen molar-refractivity contribution in [2.75, 3.05) is 25.1 Å². The highest BCUT2D eigenvalue weighted by atomic mass is 16.5. The van der Waals surface area contributed by atoms with Crippen LogP contribution in [-0.4, -0.2) is 30.2 Å². The molecule has 5 nitrogen and oxygen atoms in total. The first-order chi connectivity index (χ1) is 7.83. The lowest BCUT2D eigenvalue weighted by Gasteiger charge is -2.27. The summed E-state index contributed by atoms with van der Waals surface area (Å²) in [5.41, 5.74) is 6.43. The zero-order chi connectivity index (χ0) is 11.4. The van der Waals surface area contributed by atoms with Gasteiger partial charge in [-0.05, 0) is 19.3 Å². The molecule has 1 aliphatic heterocycles. The predicted molar refractivity (Wildman–Crippen MR) is 62.5 cm³/mol. The fourth-order valence-electron chi connectivity index (χ4n) is 1.90. The molecule has 0 bridgehead atoms.